The molecule has 1 heterocycles. The molecule has 0 radical (unpaired) electrons. The molecule has 2 aromatic rings. The molecule has 2 aromatic carbocycles. The molecule has 25 heavy (non-hydrogen) atoms. The number of benzene rings is 2. The van der Waals surface area contributed by atoms with E-state index in [1.807, 2.05) is 0 Å². The van der Waals surface area contributed by atoms with Crippen LogP contribution in [0.15, 0.2) is 48.5 Å². The topological polar surface area (TPSA) is 38.3 Å². The number of hydrogen-bond donors (Lipinski definition) is 1. The van der Waals surface area contributed by atoms with E-state index in [-0.39, 0.29) is 35.6 Å². The van der Waals surface area contributed by atoms with Crippen LogP contribution in [0.25, 0.3) is 0 Å². The fourth-order valence-electron chi connectivity index (χ4n) is 3.44. The Morgan fingerprint density at radius 2 is 1.56 bits per heavy atom. The molecule has 0 aromatic heterocycles. The molecule has 3 rings (SSSR count). The normalized spacial score (nSPS) is 20.5. The van der Waals surface area contributed by atoms with Gasteiger partial charge in [0.25, 0.3) is 0 Å². The van der Waals surface area contributed by atoms with Gasteiger partial charge in [0.2, 0.25) is 5.91 Å². The Bertz CT molecular complexity index is 670. The summed E-state index contributed by atoms with van der Waals surface area (Å²) in [5.41, 5.74) is 1.81. The molecular formula is C20H21F2NO2. The van der Waals surface area contributed by atoms with Crippen LogP contribution >= 0.6 is 0 Å². The third-order valence-electron chi connectivity index (χ3n) is 4.55. The Balaban J connectivity index is 1.91. The number of carbonyl (C=O) groups excluding carboxylic acids is 1. The van der Waals surface area contributed by atoms with E-state index in [9.17, 15) is 13.6 Å². The highest BCUT2D eigenvalue weighted by atomic mass is 19.1. The lowest BCUT2D eigenvalue weighted by atomic mass is 9.82. The molecule has 1 fully saturated rings. The van der Waals surface area contributed by atoms with Crippen molar-refractivity contribution < 1.29 is 18.3 Å². The SMILES string of the molecule is CC(=O)NC1CCOC(C(c2ccc(F)cc2)c2ccc(F)cc2)C1. The molecule has 2 atom stereocenters. The fourth-order valence-corrected chi connectivity index (χ4v) is 3.44. The summed E-state index contributed by atoms with van der Waals surface area (Å²) in [7, 11) is 0. The van der Waals surface area contributed by atoms with Gasteiger partial charge in [0.05, 0.1) is 6.10 Å². The minimum atomic E-state index is -0.303. The van der Waals surface area contributed by atoms with Crippen molar-refractivity contribution in [1.29, 1.82) is 0 Å². The number of amides is 1. The van der Waals surface area contributed by atoms with Gasteiger partial charge in [-0.15, -0.1) is 0 Å². The van der Waals surface area contributed by atoms with E-state index < -0.39 is 0 Å². The highest BCUT2D eigenvalue weighted by Crippen LogP contribution is 2.34. The van der Waals surface area contributed by atoms with Crippen molar-refractivity contribution in [3.05, 3.63) is 71.3 Å². The van der Waals surface area contributed by atoms with Crippen LogP contribution in [0.3, 0.4) is 0 Å². The first-order valence-electron chi connectivity index (χ1n) is 8.42. The lowest BCUT2D eigenvalue weighted by molar-refractivity contribution is -0.120. The van der Waals surface area contributed by atoms with Crippen LogP contribution in [0, 0.1) is 11.6 Å². The van der Waals surface area contributed by atoms with Gasteiger partial charge in [0.15, 0.2) is 0 Å². The van der Waals surface area contributed by atoms with E-state index in [0.717, 1.165) is 17.5 Å². The number of hydrogen-bond acceptors (Lipinski definition) is 2. The zero-order valence-electron chi connectivity index (χ0n) is 14.0. The van der Waals surface area contributed by atoms with Crippen LogP contribution in [0.1, 0.15) is 36.8 Å². The van der Waals surface area contributed by atoms with Crippen molar-refractivity contribution in [3.63, 3.8) is 0 Å². The predicted molar refractivity (Wildman–Crippen MR) is 91.2 cm³/mol. The van der Waals surface area contributed by atoms with Crippen molar-refractivity contribution in [2.75, 3.05) is 6.61 Å². The molecule has 5 heteroatoms. The summed E-state index contributed by atoms with van der Waals surface area (Å²) in [4.78, 5) is 11.4. The summed E-state index contributed by atoms with van der Waals surface area (Å²) in [6.45, 7) is 2.04. The van der Waals surface area contributed by atoms with Gasteiger partial charge >= 0.3 is 0 Å². The first kappa shape index (κ1) is 17.5. The Morgan fingerprint density at radius 3 is 2.04 bits per heavy atom. The zero-order chi connectivity index (χ0) is 17.8. The van der Waals surface area contributed by atoms with Crippen LogP contribution in [-0.4, -0.2) is 24.7 Å². The van der Waals surface area contributed by atoms with Gasteiger partial charge in [0, 0.05) is 25.5 Å². The maximum absolute atomic E-state index is 13.3. The average Bonchev–Trinajstić information content (AvgIpc) is 2.58. The van der Waals surface area contributed by atoms with Crippen molar-refractivity contribution in [2.24, 2.45) is 0 Å². The molecule has 1 N–H and O–H groups in total. The minimum Gasteiger partial charge on any atom is -0.377 e. The van der Waals surface area contributed by atoms with Gasteiger partial charge in [-0.05, 0) is 48.2 Å². The average molecular weight is 345 g/mol. The van der Waals surface area contributed by atoms with E-state index in [4.69, 9.17) is 4.74 Å². The monoisotopic (exact) mass is 345 g/mol. The summed E-state index contributed by atoms with van der Waals surface area (Å²) in [5.74, 6) is -0.826. The largest absolute Gasteiger partial charge is 0.377 e. The second-order valence-corrected chi connectivity index (χ2v) is 6.41. The zero-order valence-corrected chi connectivity index (χ0v) is 14.0. The van der Waals surface area contributed by atoms with Gasteiger partial charge in [-0.3, -0.25) is 4.79 Å². The Labute approximate surface area is 146 Å². The van der Waals surface area contributed by atoms with Crippen LogP contribution in [0.2, 0.25) is 0 Å². The van der Waals surface area contributed by atoms with Crippen LogP contribution in [0.4, 0.5) is 8.78 Å². The minimum absolute atomic E-state index is 0.0413. The smallest absolute Gasteiger partial charge is 0.217 e. The van der Waals surface area contributed by atoms with Crippen molar-refractivity contribution in [2.45, 2.75) is 37.8 Å². The predicted octanol–water partition coefficient (Wildman–Crippen LogP) is 3.78. The van der Waals surface area contributed by atoms with E-state index >= 15 is 0 Å². The molecule has 0 spiro atoms. The molecular weight excluding hydrogens is 324 g/mol. The molecule has 0 aliphatic carbocycles. The van der Waals surface area contributed by atoms with Gasteiger partial charge in [-0.25, -0.2) is 8.78 Å². The van der Waals surface area contributed by atoms with Crippen molar-refractivity contribution in [3.8, 4) is 0 Å². The lowest BCUT2D eigenvalue weighted by Crippen LogP contribution is -2.43. The second kappa shape index (κ2) is 7.74. The molecule has 1 aliphatic heterocycles. The maximum Gasteiger partial charge on any atom is 0.217 e. The van der Waals surface area contributed by atoms with Gasteiger partial charge in [0.1, 0.15) is 11.6 Å². The summed E-state index contributed by atoms with van der Waals surface area (Å²) >= 11 is 0. The van der Waals surface area contributed by atoms with Gasteiger partial charge < -0.3 is 10.1 Å². The lowest BCUT2D eigenvalue weighted by Gasteiger charge is -2.35. The Kier molecular flexibility index (Phi) is 5.43. The standard InChI is InChI=1S/C20H21F2NO2/c1-13(24)23-18-10-11-25-19(12-18)20(14-2-6-16(21)7-3-14)15-4-8-17(22)9-5-15/h2-9,18-20H,10-12H2,1H3,(H,23,24). The van der Waals surface area contributed by atoms with E-state index in [1.54, 1.807) is 24.3 Å². The molecule has 132 valence electrons. The summed E-state index contributed by atoms with van der Waals surface area (Å²) in [6.07, 6.45) is 1.23. The molecule has 2 unspecified atom stereocenters. The Morgan fingerprint density at radius 1 is 1.04 bits per heavy atom. The number of halogens is 2. The highest BCUT2D eigenvalue weighted by Gasteiger charge is 2.32. The molecule has 1 saturated heterocycles. The third-order valence-corrected chi connectivity index (χ3v) is 4.55. The first-order valence-corrected chi connectivity index (χ1v) is 8.42. The summed E-state index contributed by atoms with van der Waals surface area (Å²) in [5, 5.41) is 2.95. The van der Waals surface area contributed by atoms with Gasteiger partial charge in [-0.1, -0.05) is 24.3 Å². The second-order valence-electron chi connectivity index (χ2n) is 6.41. The molecule has 0 saturated carbocycles. The quantitative estimate of drug-likeness (QED) is 0.916. The van der Waals surface area contributed by atoms with Gasteiger partial charge in [-0.2, -0.15) is 0 Å². The van der Waals surface area contributed by atoms with E-state index in [0.29, 0.717) is 13.0 Å². The molecule has 1 amide bonds. The third kappa shape index (κ3) is 4.42. The van der Waals surface area contributed by atoms with Crippen molar-refractivity contribution in [1.82, 2.24) is 5.32 Å². The Hall–Kier alpha value is -2.27. The molecule has 0 bridgehead atoms. The van der Waals surface area contributed by atoms with Crippen LogP contribution in [-0.2, 0) is 9.53 Å². The first-order chi connectivity index (χ1) is 12.0. The fraction of sp³-hybridized carbons (Fsp3) is 0.350. The van der Waals surface area contributed by atoms with E-state index in [1.165, 1.54) is 31.2 Å². The number of rotatable bonds is 4. The van der Waals surface area contributed by atoms with Crippen LogP contribution in [0.5, 0.6) is 0 Å². The number of carbonyl (C=O) groups is 1. The number of nitrogens with one attached hydrogen (secondary N) is 1. The number of ether oxygens (including phenoxy) is 1. The molecule has 3 nitrogen and oxygen atoms in total. The highest BCUT2D eigenvalue weighted by molar-refractivity contribution is 5.73. The van der Waals surface area contributed by atoms with Crippen molar-refractivity contribution >= 4 is 5.91 Å². The maximum atomic E-state index is 13.3. The summed E-state index contributed by atoms with van der Waals surface area (Å²) in [6, 6.07) is 12.6. The molecule has 1 aliphatic rings. The van der Waals surface area contributed by atoms with Crippen LogP contribution < -0.4 is 5.32 Å². The van der Waals surface area contributed by atoms with E-state index in [2.05, 4.69) is 5.32 Å². The summed E-state index contributed by atoms with van der Waals surface area (Å²) < 4.78 is 32.6.